The molecule has 216 valence electrons. The number of phosphoric acid groups is 1. The topological polar surface area (TPSA) is 105 Å². The van der Waals surface area contributed by atoms with E-state index in [9.17, 15) is 19.4 Å². The lowest BCUT2D eigenvalue weighted by molar-refractivity contribution is -0.232. The third kappa shape index (κ3) is 7.06. The molecular formula is C32H40O7P-. The number of para-hydroxylation sites is 1. The first kappa shape index (κ1) is 30.1. The Kier molecular flexibility index (Phi) is 9.60. The van der Waals surface area contributed by atoms with Crippen LogP contribution < -0.4 is 14.2 Å². The minimum absolute atomic E-state index is 0.0523. The summed E-state index contributed by atoms with van der Waals surface area (Å²) in [6, 6.07) is 11.6. The molecule has 2 aromatic carbocycles. The number of phenols is 1. The first-order valence-electron chi connectivity index (χ1n) is 14.2. The van der Waals surface area contributed by atoms with Crippen LogP contribution in [-0.2, 0) is 20.3 Å². The second-order valence-corrected chi connectivity index (χ2v) is 12.5. The zero-order valence-corrected chi connectivity index (χ0v) is 24.6. The van der Waals surface area contributed by atoms with Crippen molar-refractivity contribution in [3.63, 3.8) is 0 Å². The van der Waals surface area contributed by atoms with Crippen LogP contribution >= 0.6 is 7.82 Å². The molecule has 0 aromatic heterocycles. The smallest absolute Gasteiger partial charge is 0.344 e. The number of aryl methyl sites for hydroxylation is 1. The van der Waals surface area contributed by atoms with Crippen LogP contribution in [0.4, 0.5) is 0 Å². The van der Waals surface area contributed by atoms with E-state index >= 15 is 0 Å². The molecule has 2 aliphatic carbocycles. The Labute approximate surface area is 237 Å². The van der Waals surface area contributed by atoms with Gasteiger partial charge in [0.05, 0.1) is 0 Å². The number of allylic oxidation sites excluding steroid dienone is 3. The van der Waals surface area contributed by atoms with Gasteiger partial charge in [0.1, 0.15) is 17.2 Å². The van der Waals surface area contributed by atoms with Gasteiger partial charge in [-0.05, 0) is 94.5 Å². The van der Waals surface area contributed by atoms with E-state index in [1.54, 1.807) is 30.3 Å². The Bertz CT molecular complexity index is 1290. The van der Waals surface area contributed by atoms with Crippen LogP contribution in [0.25, 0.3) is 0 Å². The predicted molar refractivity (Wildman–Crippen MR) is 153 cm³/mol. The van der Waals surface area contributed by atoms with Crippen molar-refractivity contribution < 1.29 is 33.1 Å². The number of carbonyl (C=O) groups is 1. The summed E-state index contributed by atoms with van der Waals surface area (Å²) >= 11 is 0. The number of hydrogen-bond acceptors (Lipinski definition) is 7. The number of aromatic hydroxyl groups is 1. The first-order valence-corrected chi connectivity index (χ1v) is 15.7. The van der Waals surface area contributed by atoms with Crippen molar-refractivity contribution in [3.05, 3.63) is 77.4 Å². The van der Waals surface area contributed by atoms with Crippen LogP contribution in [0.5, 0.6) is 17.2 Å². The monoisotopic (exact) mass is 567 g/mol. The predicted octanol–water partition coefficient (Wildman–Crippen LogP) is 7.53. The lowest BCUT2D eigenvalue weighted by Gasteiger charge is -2.39. The maximum absolute atomic E-state index is 13.9. The number of hydrogen-bond donors (Lipinski definition) is 1. The Hall–Kier alpha value is -2.86. The molecule has 0 saturated heterocycles. The fourth-order valence-electron chi connectivity index (χ4n) is 5.92. The number of ether oxygens (including phenoxy) is 1. The number of phosphoric ester groups is 1. The van der Waals surface area contributed by atoms with Gasteiger partial charge in [0, 0.05) is 11.5 Å². The third-order valence-electron chi connectivity index (χ3n) is 7.92. The molecule has 40 heavy (non-hydrogen) atoms. The third-order valence-corrected chi connectivity index (χ3v) is 8.92. The average Bonchev–Trinajstić information content (AvgIpc) is 2.89. The second kappa shape index (κ2) is 12.8. The molecule has 3 atom stereocenters. The van der Waals surface area contributed by atoms with Crippen LogP contribution in [0.15, 0.2) is 66.3 Å². The van der Waals surface area contributed by atoms with Gasteiger partial charge in [-0.2, -0.15) is 0 Å². The van der Waals surface area contributed by atoms with Gasteiger partial charge in [-0.3, -0.25) is 9.09 Å². The number of carbonyl (C=O) groups excluding carboxylic acids is 1. The number of benzene rings is 2. The van der Waals surface area contributed by atoms with Crippen molar-refractivity contribution in [2.24, 2.45) is 5.92 Å². The van der Waals surface area contributed by atoms with E-state index in [-0.39, 0.29) is 41.9 Å². The Morgan fingerprint density at radius 2 is 1.88 bits per heavy atom. The van der Waals surface area contributed by atoms with Gasteiger partial charge in [0.25, 0.3) is 0 Å². The maximum Gasteiger partial charge on any atom is 0.344 e. The molecule has 2 aromatic rings. The lowest BCUT2D eigenvalue weighted by atomic mass is 9.73. The Morgan fingerprint density at radius 3 is 2.52 bits per heavy atom. The van der Waals surface area contributed by atoms with Crippen molar-refractivity contribution >= 4 is 13.8 Å². The molecule has 0 amide bonds. The highest BCUT2D eigenvalue weighted by Crippen LogP contribution is 2.50. The molecule has 0 spiro atoms. The highest BCUT2D eigenvalue weighted by atomic mass is 31.2. The summed E-state index contributed by atoms with van der Waals surface area (Å²) in [4.78, 5) is 26.9. The summed E-state index contributed by atoms with van der Waals surface area (Å²) < 4.78 is 29.9. The van der Waals surface area contributed by atoms with Crippen LogP contribution in [0.2, 0.25) is 0 Å². The molecule has 0 aliphatic heterocycles. The van der Waals surface area contributed by atoms with Crippen molar-refractivity contribution in [2.45, 2.75) is 90.1 Å². The van der Waals surface area contributed by atoms with Crippen molar-refractivity contribution in [1.82, 2.24) is 0 Å². The van der Waals surface area contributed by atoms with E-state index < -0.39 is 19.4 Å². The molecule has 1 unspecified atom stereocenters. The Morgan fingerprint density at radius 1 is 1.18 bits per heavy atom. The van der Waals surface area contributed by atoms with Gasteiger partial charge in [-0.1, -0.05) is 61.8 Å². The SMILES string of the molecule is C=C(C)[C@@H]1CCC(C)=C[C@H]1c1c(O)cc(CCC)cc1OC(=O)C1(OP(=O)([O-])Oc2ccccc2)CCCCC1. The molecule has 0 heterocycles. The van der Waals surface area contributed by atoms with E-state index in [1.807, 2.05) is 13.8 Å². The summed E-state index contributed by atoms with van der Waals surface area (Å²) in [5.41, 5.74) is 1.80. The molecule has 1 N–H and O–H groups in total. The van der Waals surface area contributed by atoms with Crippen molar-refractivity contribution in [3.8, 4) is 17.2 Å². The molecule has 0 bridgehead atoms. The summed E-state index contributed by atoms with van der Waals surface area (Å²) in [7, 11) is -4.93. The van der Waals surface area contributed by atoms with Crippen molar-refractivity contribution in [2.75, 3.05) is 0 Å². The zero-order valence-electron chi connectivity index (χ0n) is 23.7. The molecule has 1 saturated carbocycles. The number of esters is 1. The van der Waals surface area contributed by atoms with Crippen LogP contribution in [0.3, 0.4) is 0 Å². The van der Waals surface area contributed by atoms with Gasteiger partial charge < -0.3 is 19.3 Å². The van der Waals surface area contributed by atoms with Gasteiger partial charge in [-0.25, -0.2) is 4.79 Å². The lowest BCUT2D eigenvalue weighted by Crippen LogP contribution is -2.46. The van der Waals surface area contributed by atoms with Crippen LogP contribution in [0, 0.1) is 5.92 Å². The van der Waals surface area contributed by atoms with Gasteiger partial charge in [0.2, 0.25) is 0 Å². The Balaban J connectivity index is 1.72. The molecule has 0 radical (unpaired) electrons. The summed E-state index contributed by atoms with van der Waals surface area (Å²) in [6.45, 7) is 10.3. The summed E-state index contributed by atoms with van der Waals surface area (Å²) in [5, 5.41) is 11.3. The van der Waals surface area contributed by atoms with E-state index in [1.165, 1.54) is 17.7 Å². The highest BCUT2D eigenvalue weighted by Gasteiger charge is 2.46. The average molecular weight is 568 g/mol. The fourth-order valence-corrected chi connectivity index (χ4v) is 7.02. The normalized spacial score (nSPS) is 22.1. The van der Waals surface area contributed by atoms with E-state index in [0.29, 0.717) is 24.8 Å². The standard InChI is InChI=1S/C32H41O7P/c1-5-12-24-20-28(33)30(27-19-23(4)15-16-26(27)22(2)3)29(21-24)37-31(34)32(17-10-7-11-18-32)39-40(35,36)38-25-13-8-6-9-14-25/h6,8-9,13-14,19-21,26-27,33H,2,5,7,10-12,15-18H2,1,3-4H3,(H,35,36)/p-1/t26-,27+/m0/s1. The number of rotatable bonds is 10. The second-order valence-electron chi connectivity index (χ2n) is 11.2. The molecule has 7 nitrogen and oxygen atoms in total. The van der Waals surface area contributed by atoms with E-state index in [4.69, 9.17) is 13.8 Å². The number of phenolic OH excluding ortho intramolecular Hbond substituents is 1. The molecular weight excluding hydrogens is 527 g/mol. The molecule has 4 rings (SSSR count). The molecule has 8 heteroatoms. The van der Waals surface area contributed by atoms with Crippen molar-refractivity contribution in [1.29, 1.82) is 0 Å². The van der Waals surface area contributed by atoms with Crippen LogP contribution in [-0.4, -0.2) is 16.7 Å². The minimum Gasteiger partial charge on any atom is -0.746 e. The minimum atomic E-state index is -4.93. The first-order chi connectivity index (χ1) is 19.0. The van der Waals surface area contributed by atoms with Crippen LogP contribution in [0.1, 0.15) is 89.2 Å². The molecule has 2 aliphatic rings. The quantitative estimate of drug-likeness (QED) is 0.137. The maximum atomic E-state index is 13.9. The zero-order chi connectivity index (χ0) is 28.9. The fraction of sp³-hybridized carbons (Fsp3) is 0.469. The summed E-state index contributed by atoms with van der Waals surface area (Å²) in [5.74, 6) is -0.585. The van der Waals surface area contributed by atoms with E-state index in [2.05, 4.69) is 19.6 Å². The van der Waals surface area contributed by atoms with E-state index in [0.717, 1.165) is 36.8 Å². The summed E-state index contributed by atoms with van der Waals surface area (Å²) in [6.07, 6.45) is 7.87. The van der Waals surface area contributed by atoms with Gasteiger partial charge in [0.15, 0.2) is 5.60 Å². The highest BCUT2D eigenvalue weighted by molar-refractivity contribution is 7.46. The van der Waals surface area contributed by atoms with Gasteiger partial charge >= 0.3 is 13.8 Å². The molecule has 1 fully saturated rings. The largest absolute Gasteiger partial charge is 0.746 e. The van der Waals surface area contributed by atoms with Gasteiger partial charge in [-0.15, -0.1) is 0 Å².